The van der Waals surface area contributed by atoms with Crippen LogP contribution in [-0.4, -0.2) is 67.1 Å². The minimum atomic E-state index is -1.65. The van der Waals surface area contributed by atoms with Crippen molar-refractivity contribution in [3.63, 3.8) is 0 Å². The molecule has 2 saturated carbocycles. The summed E-state index contributed by atoms with van der Waals surface area (Å²) in [5, 5.41) is 33.3. The van der Waals surface area contributed by atoms with Crippen molar-refractivity contribution in [2.75, 3.05) is 11.9 Å². The molecular weight excluding hydrogens is 515 g/mol. The topological polar surface area (TPSA) is 158 Å². The predicted octanol–water partition coefficient (Wildman–Crippen LogP) is 2.78. The summed E-state index contributed by atoms with van der Waals surface area (Å²) >= 11 is 0. The van der Waals surface area contributed by atoms with Crippen LogP contribution in [0.4, 0.5) is 10.1 Å². The number of rotatable bonds is 9. The van der Waals surface area contributed by atoms with Crippen LogP contribution in [-0.2, 0) is 4.79 Å². The van der Waals surface area contributed by atoms with Gasteiger partial charge in [0.1, 0.15) is 12.2 Å². The molecule has 2 fully saturated rings. The minimum absolute atomic E-state index is 0.0480. The van der Waals surface area contributed by atoms with E-state index in [1.807, 2.05) is 0 Å². The van der Waals surface area contributed by atoms with Crippen molar-refractivity contribution in [3.05, 3.63) is 41.9 Å². The number of hydrogen-bond donors (Lipinski definition) is 4. The van der Waals surface area contributed by atoms with E-state index in [0.29, 0.717) is 28.1 Å². The molecule has 2 amide bonds. The Morgan fingerprint density at radius 1 is 1.12 bits per heavy atom. The number of anilines is 1. The number of nitriles is 1. The summed E-state index contributed by atoms with van der Waals surface area (Å²) in [7, 11) is 0. The third-order valence-electron chi connectivity index (χ3n) is 7.48. The molecule has 0 aliphatic heterocycles. The lowest BCUT2D eigenvalue weighted by atomic mass is 9.90. The van der Waals surface area contributed by atoms with Crippen LogP contribution in [0.1, 0.15) is 68.3 Å². The van der Waals surface area contributed by atoms with Gasteiger partial charge in [-0.3, -0.25) is 9.59 Å². The van der Waals surface area contributed by atoms with Crippen LogP contribution in [0.2, 0.25) is 0 Å². The van der Waals surface area contributed by atoms with E-state index < -0.39 is 17.7 Å². The maximum absolute atomic E-state index is 14.3. The fourth-order valence-electron chi connectivity index (χ4n) is 4.80. The predicted molar refractivity (Wildman–Crippen MR) is 145 cm³/mol. The van der Waals surface area contributed by atoms with Gasteiger partial charge in [0, 0.05) is 41.8 Å². The van der Waals surface area contributed by atoms with E-state index in [4.69, 9.17) is 0 Å². The van der Waals surface area contributed by atoms with Crippen molar-refractivity contribution in [1.82, 2.24) is 30.4 Å². The Balaban J connectivity index is 1.37. The van der Waals surface area contributed by atoms with Crippen LogP contribution < -0.4 is 16.0 Å². The average Bonchev–Trinajstić information content (AvgIpc) is 3.71. The van der Waals surface area contributed by atoms with Crippen LogP contribution >= 0.6 is 0 Å². The lowest BCUT2D eigenvalue weighted by Crippen LogP contribution is -2.42. The van der Waals surface area contributed by atoms with E-state index in [1.54, 1.807) is 18.3 Å². The fourth-order valence-corrected chi connectivity index (χ4v) is 4.80. The maximum Gasteiger partial charge on any atom is 0.255 e. The Morgan fingerprint density at radius 2 is 1.85 bits per heavy atom. The van der Waals surface area contributed by atoms with Crippen LogP contribution in [0.15, 0.2) is 30.7 Å². The molecule has 11 nitrogen and oxygen atoms in total. The fraction of sp³-hybridized carbons (Fsp3) is 0.500. The third-order valence-corrected chi connectivity index (χ3v) is 7.48. The van der Waals surface area contributed by atoms with Crippen molar-refractivity contribution in [3.8, 4) is 11.9 Å². The molecule has 0 spiro atoms. The largest absolute Gasteiger partial charge is 0.387 e. The number of aromatic nitrogens is 4. The first-order valence-corrected chi connectivity index (χ1v) is 13.6. The van der Waals surface area contributed by atoms with E-state index in [1.165, 1.54) is 30.9 Å². The SMILES string of the molecule is CC(C)(O)[C@H](F)CNC(=O)c1cnc(-n2ncc3cc(C#N)cnc32)cc1N[C@H]1CC[C@H](NC(=O)C2CC2)CC1. The lowest BCUT2D eigenvalue weighted by molar-refractivity contribution is -0.123. The molecule has 3 aromatic heterocycles. The summed E-state index contributed by atoms with van der Waals surface area (Å²) in [6.45, 7) is 2.33. The van der Waals surface area contributed by atoms with E-state index in [-0.39, 0.29) is 36.0 Å². The smallest absolute Gasteiger partial charge is 0.255 e. The molecule has 210 valence electrons. The molecule has 3 aromatic rings. The van der Waals surface area contributed by atoms with Gasteiger partial charge in [0.25, 0.3) is 5.91 Å². The number of carbonyl (C=O) groups is 2. The van der Waals surface area contributed by atoms with Gasteiger partial charge in [0.15, 0.2) is 11.5 Å². The molecule has 12 heteroatoms. The number of fused-ring (bicyclic) bond motifs is 1. The first kappa shape index (κ1) is 27.5. The number of alkyl halides is 1. The second kappa shape index (κ2) is 11.2. The molecular formula is C28H33FN8O3. The summed E-state index contributed by atoms with van der Waals surface area (Å²) in [5.74, 6) is 0.206. The molecule has 2 aliphatic carbocycles. The summed E-state index contributed by atoms with van der Waals surface area (Å²) in [4.78, 5) is 34.1. The zero-order valence-electron chi connectivity index (χ0n) is 22.5. The van der Waals surface area contributed by atoms with Crippen molar-refractivity contribution in [2.24, 2.45) is 5.92 Å². The number of pyridine rings is 2. The molecule has 40 heavy (non-hydrogen) atoms. The minimum Gasteiger partial charge on any atom is -0.387 e. The second-order valence-corrected chi connectivity index (χ2v) is 11.2. The van der Waals surface area contributed by atoms with Crippen LogP contribution in [0, 0.1) is 17.2 Å². The zero-order valence-corrected chi connectivity index (χ0v) is 22.5. The Morgan fingerprint density at radius 3 is 2.52 bits per heavy atom. The molecule has 0 bridgehead atoms. The Labute approximate surface area is 231 Å². The molecule has 3 heterocycles. The standard InChI is InChI=1S/C28H33FN8O3/c1-28(2,40)23(29)15-33-27(39)21-14-31-24(37-25-18(13-34-37)9-16(11-30)12-32-25)10-22(21)35-19-5-7-20(8-6-19)36-26(38)17-3-4-17/h9-10,12-14,17,19-20,23,40H,3-8,15H2,1-2H3,(H,31,35)(H,33,39)(H,36,38)/t19-,20-,23-/m1/s1. The van der Waals surface area contributed by atoms with Gasteiger partial charge in [0.2, 0.25) is 5.91 Å². The van der Waals surface area contributed by atoms with Crippen molar-refractivity contribution in [2.45, 2.75) is 76.2 Å². The van der Waals surface area contributed by atoms with Gasteiger partial charge in [-0.2, -0.15) is 15.0 Å². The summed E-state index contributed by atoms with van der Waals surface area (Å²) in [5.41, 5.74) is 0.0577. The molecule has 1 atom stereocenters. The number of carbonyl (C=O) groups excluding carboxylic acids is 2. The Hall–Kier alpha value is -4.11. The van der Waals surface area contributed by atoms with Crippen LogP contribution in [0.25, 0.3) is 16.9 Å². The molecule has 0 saturated heterocycles. The monoisotopic (exact) mass is 548 g/mol. The summed E-state index contributed by atoms with van der Waals surface area (Å²) in [6.07, 6.45) is 7.97. The first-order valence-electron chi connectivity index (χ1n) is 13.6. The number of nitrogens with zero attached hydrogens (tertiary/aromatic N) is 5. The summed E-state index contributed by atoms with van der Waals surface area (Å²) in [6, 6.07) is 5.63. The maximum atomic E-state index is 14.3. The van der Waals surface area contributed by atoms with E-state index >= 15 is 0 Å². The van der Waals surface area contributed by atoms with Crippen molar-refractivity contribution in [1.29, 1.82) is 5.26 Å². The highest BCUT2D eigenvalue weighted by molar-refractivity contribution is 5.99. The zero-order chi connectivity index (χ0) is 28.4. The number of hydrogen-bond acceptors (Lipinski definition) is 8. The van der Waals surface area contributed by atoms with Gasteiger partial charge in [-0.15, -0.1) is 0 Å². The number of amides is 2. The van der Waals surface area contributed by atoms with Crippen LogP contribution in [0.5, 0.6) is 0 Å². The highest BCUT2D eigenvalue weighted by Gasteiger charge is 2.32. The van der Waals surface area contributed by atoms with Gasteiger partial charge >= 0.3 is 0 Å². The van der Waals surface area contributed by atoms with Crippen molar-refractivity contribution < 1.29 is 19.1 Å². The lowest BCUT2D eigenvalue weighted by Gasteiger charge is -2.31. The van der Waals surface area contributed by atoms with Gasteiger partial charge in [-0.1, -0.05) is 0 Å². The molecule has 5 rings (SSSR count). The summed E-state index contributed by atoms with van der Waals surface area (Å²) < 4.78 is 15.9. The van der Waals surface area contributed by atoms with E-state index in [9.17, 15) is 24.3 Å². The van der Waals surface area contributed by atoms with Gasteiger partial charge in [0.05, 0.1) is 35.2 Å². The van der Waals surface area contributed by atoms with Crippen molar-refractivity contribution >= 4 is 28.5 Å². The Bertz CT molecular complexity index is 1450. The highest BCUT2D eigenvalue weighted by atomic mass is 19.1. The van der Waals surface area contributed by atoms with Gasteiger partial charge in [-0.25, -0.2) is 14.4 Å². The average molecular weight is 549 g/mol. The highest BCUT2D eigenvalue weighted by Crippen LogP contribution is 2.31. The van der Waals surface area contributed by atoms with Gasteiger partial charge < -0.3 is 21.1 Å². The molecule has 0 unspecified atom stereocenters. The first-order chi connectivity index (χ1) is 19.1. The molecule has 0 aromatic carbocycles. The van der Waals surface area contributed by atoms with E-state index in [2.05, 4.69) is 37.1 Å². The van der Waals surface area contributed by atoms with Crippen LogP contribution in [0.3, 0.4) is 0 Å². The second-order valence-electron chi connectivity index (χ2n) is 11.2. The normalized spacial score (nSPS) is 20.0. The molecule has 0 radical (unpaired) electrons. The quantitative estimate of drug-likeness (QED) is 0.318. The van der Waals surface area contributed by atoms with Gasteiger partial charge in [-0.05, 0) is 58.4 Å². The number of aliphatic hydroxyl groups is 1. The third kappa shape index (κ3) is 6.20. The molecule has 2 aliphatic rings. The van der Waals surface area contributed by atoms with E-state index in [0.717, 1.165) is 38.5 Å². The number of nitrogens with one attached hydrogen (secondary N) is 3. The number of halogens is 1. The molecule has 4 N–H and O–H groups in total. The Kier molecular flexibility index (Phi) is 7.67.